The fourth-order valence-corrected chi connectivity index (χ4v) is 2.88. The number of aliphatic hydroxyl groups is 1. The molecule has 25 heavy (non-hydrogen) atoms. The smallest absolute Gasteiger partial charge is 0.262 e. The highest BCUT2D eigenvalue weighted by Crippen LogP contribution is 2.42. The van der Waals surface area contributed by atoms with Crippen LogP contribution in [0.2, 0.25) is 0 Å². The van der Waals surface area contributed by atoms with Gasteiger partial charge in [-0.2, -0.15) is 0 Å². The average molecular weight is 354 g/mol. The van der Waals surface area contributed by atoms with Crippen LogP contribution in [0, 0.1) is 17.5 Å². The van der Waals surface area contributed by atoms with Gasteiger partial charge in [-0.15, -0.1) is 0 Å². The Bertz CT molecular complexity index is 830. The number of benzene rings is 1. The summed E-state index contributed by atoms with van der Waals surface area (Å²) >= 11 is 0. The second-order valence-corrected chi connectivity index (χ2v) is 5.81. The van der Waals surface area contributed by atoms with Gasteiger partial charge in [0.15, 0.2) is 17.5 Å². The lowest BCUT2D eigenvalue weighted by atomic mass is 9.81. The fraction of sp³-hybridized carbons (Fsp3) is 0.294. The summed E-state index contributed by atoms with van der Waals surface area (Å²) in [5.41, 5.74) is -2.74. The molecule has 0 unspecified atom stereocenters. The summed E-state index contributed by atoms with van der Waals surface area (Å²) in [6, 6.07) is 4.48. The van der Waals surface area contributed by atoms with Crippen LogP contribution in [-0.2, 0) is 17.0 Å². The van der Waals surface area contributed by atoms with Crippen LogP contribution in [0.25, 0.3) is 0 Å². The van der Waals surface area contributed by atoms with E-state index in [9.17, 15) is 23.1 Å². The molecule has 2 N–H and O–H groups in total. The maximum Gasteiger partial charge on any atom is 0.262 e. The van der Waals surface area contributed by atoms with Gasteiger partial charge in [0.1, 0.15) is 0 Å². The lowest BCUT2D eigenvalue weighted by molar-refractivity contribution is -0.135. The number of nitrogens with one attached hydrogen (secondary N) is 1. The van der Waals surface area contributed by atoms with Crippen LogP contribution in [0.4, 0.5) is 17.6 Å². The minimum Gasteiger partial charge on any atom is -0.387 e. The van der Waals surface area contributed by atoms with Gasteiger partial charge in [0.2, 0.25) is 5.67 Å². The molecule has 4 nitrogen and oxygen atoms in total. The molecule has 0 fully saturated rings. The number of fused-ring (bicyclic) bond motifs is 1. The molecule has 0 spiro atoms. The number of carbonyl (C=O) groups is 1. The maximum absolute atomic E-state index is 15.3. The number of halogens is 4. The van der Waals surface area contributed by atoms with E-state index in [1.165, 1.54) is 18.3 Å². The molecule has 0 aliphatic heterocycles. The van der Waals surface area contributed by atoms with Crippen LogP contribution in [0.1, 0.15) is 35.8 Å². The lowest BCUT2D eigenvalue weighted by Crippen LogP contribution is -2.44. The molecular weight excluding hydrogens is 340 g/mol. The van der Waals surface area contributed by atoms with Crippen molar-refractivity contribution in [2.24, 2.45) is 0 Å². The Morgan fingerprint density at radius 3 is 2.80 bits per heavy atom. The van der Waals surface area contributed by atoms with Crippen molar-refractivity contribution in [2.45, 2.75) is 31.2 Å². The second kappa shape index (κ2) is 6.44. The van der Waals surface area contributed by atoms with Crippen molar-refractivity contribution in [3.63, 3.8) is 0 Å². The Morgan fingerprint density at radius 1 is 1.28 bits per heavy atom. The Morgan fingerprint density at radius 2 is 2.04 bits per heavy atom. The Labute approximate surface area is 140 Å². The van der Waals surface area contributed by atoms with Crippen LogP contribution < -0.4 is 5.32 Å². The van der Waals surface area contributed by atoms with Crippen molar-refractivity contribution in [2.75, 3.05) is 0 Å². The molecule has 0 saturated carbocycles. The topological polar surface area (TPSA) is 62.2 Å². The van der Waals surface area contributed by atoms with Crippen LogP contribution in [-0.4, -0.2) is 16.0 Å². The number of nitrogens with zero attached hydrogens (tertiary/aromatic N) is 1. The minimum absolute atomic E-state index is 0.00648. The molecule has 2 atom stereocenters. The monoisotopic (exact) mass is 354 g/mol. The SMILES string of the molecule is O=C(NCc1ccc(F)c(F)c1F)[C@]1(F)CC[C@H](O)c2ncccc21. The second-order valence-electron chi connectivity index (χ2n) is 5.81. The average Bonchev–Trinajstić information content (AvgIpc) is 2.62. The van der Waals surface area contributed by atoms with Crippen LogP contribution in [0.5, 0.6) is 0 Å². The van der Waals surface area contributed by atoms with Crippen molar-refractivity contribution in [1.29, 1.82) is 0 Å². The molecule has 1 heterocycles. The van der Waals surface area contributed by atoms with E-state index in [0.29, 0.717) is 0 Å². The summed E-state index contributed by atoms with van der Waals surface area (Å²) in [5.74, 6) is -5.50. The molecular formula is C17H14F4N2O2. The highest BCUT2D eigenvalue weighted by atomic mass is 19.2. The predicted molar refractivity (Wildman–Crippen MR) is 79.4 cm³/mol. The summed E-state index contributed by atoms with van der Waals surface area (Å²) in [6.45, 7) is -0.508. The number of carbonyl (C=O) groups excluding carboxylic acids is 1. The van der Waals surface area contributed by atoms with Gasteiger partial charge in [0.05, 0.1) is 11.8 Å². The summed E-state index contributed by atoms with van der Waals surface area (Å²) in [5, 5.41) is 12.1. The zero-order valence-electron chi connectivity index (χ0n) is 12.9. The molecule has 132 valence electrons. The Hall–Kier alpha value is -2.48. The van der Waals surface area contributed by atoms with Gasteiger partial charge in [-0.05, 0) is 25.0 Å². The third-order valence-corrected chi connectivity index (χ3v) is 4.26. The molecule has 1 aromatic heterocycles. The maximum atomic E-state index is 15.3. The molecule has 3 rings (SSSR count). The van der Waals surface area contributed by atoms with E-state index in [1.807, 2.05) is 0 Å². The summed E-state index contributed by atoms with van der Waals surface area (Å²) in [6.07, 6.45) is 0.117. The normalized spacial score (nSPS) is 22.4. The number of amides is 1. The number of aromatic nitrogens is 1. The predicted octanol–water partition coefficient (Wildman–Crippen LogP) is 2.81. The van der Waals surface area contributed by atoms with Gasteiger partial charge < -0.3 is 10.4 Å². The van der Waals surface area contributed by atoms with Crippen LogP contribution in [0.15, 0.2) is 30.5 Å². The first-order chi connectivity index (χ1) is 11.8. The molecule has 2 aromatic rings. The minimum atomic E-state index is -2.45. The van der Waals surface area contributed by atoms with Gasteiger partial charge >= 0.3 is 0 Å². The van der Waals surface area contributed by atoms with Gasteiger partial charge in [0, 0.05) is 23.9 Å². The quantitative estimate of drug-likeness (QED) is 0.658. The molecule has 8 heteroatoms. The largest absolute Gasteiger partial charge is 0.387 e. The van der Waals surface area contributed by atoms with Crippen LogP contribution >= 0.6 is 0 Å². The van der Waals surface area contributed by atoms with Crippen LogP contribution in [0.3, 0.4) is 0 Å². The van der Waals surface area contributed by atoms with E-state index < -0.39 is 41.7 Å². The Kier molecular flexibility index (Phi) is 4.47. The van der Waals surface area contributed by atoms with Crippen molar-refractivity contribution in [3.05, 3.63) is 64.7 Å². The Balaban J connectivity index is 1.82. The van der Waals surface area contributed by atoms with Gasteiger partial charge in [-0.1, -0.05) is 12.1 Å². The number of hydrogen-bond donors (Lipinski definition) is 2. The van der Waals surface area contributed by atoms with Crippen molar-refractivity contribution < 1.29 is 27.5 Å². The number of aliphatic hydroxyl groups excluding tert-OH is 1. The van der Waals surface area contributed by atoms with E-state index in [0.717, 1.165) is 12.1 Å². The van der Waals surface area contributed by atoms with E-state index in [4.69, 9.17) is 0 Å². The zero-order chi connectivity index (χ0) is 18.2. The first kappa shape index (κ1) is 17.3. The van der Waals surface area contributed by atoms with Crippen molar-refractivity contribution >= 4 is 5.91 Å². The first-order valence-corrected chi connectivity index (χ1v) is 7.57. The lowest BCUT2D eigenvalue weighted by Gasteiger charge is -2.32. The molecule has 1 aliphatic carbocycles. The third kappa shape index (κ3) is 2.97. The van der Waals surface area contributed by atoms with Gasteiger partial charge in [0.25, 0.3) is 5.91 Å². The molecule has 0 radical (unpaired) electrons. The fourth-order valence-electron chi connectivity index (χ4n) is 2.88. The molecule has 0 bridgehead atoms. The first-order valence-electron chi connectivity index (χ1n) is 7.57. The van der Waals surface area contributed by atoms with E-state index >= 15 is 4.39 Å². The molecule has 0 saturated heterocycles. The standard InChI is InChI=1S/C17H14F4N2O2/c18-11-4-3-9(13(19)14(11)20)8-23-16(25)17(21)6-5-12(24)15-10(17)2-1-7-22-15/h1-4,7,12,24H,5-6,8H2,(H,23,25)/t12-,17-/m0/s1. The number of rotatable bonds is 3. The third-order valence-electron chi connectivity index (χ3n) is 4.26. The summed E-state index contributed by atoms with van der Waals surface area (Å²) < 4.78 is 55.1. The van der Waals surface area contributed by atoms with Crippen molar-refractivity contribution in [1.82, 2.24) is 10.3 Å². The summed E-state index contributed by atoms with van der Waals surface area (Å²) in [7, 11) is 0. The van der Waals surface area contributed by atoms with Gasteiger partial charge in [-0.3, -0.25) is 9.78 Å². The van der Waals surface area contributed by atoms with E-state index in [1.54, 1.807) is 0 Å². The van der Waals surface area contributed by atoms with E-state index in [-0.39, 0.29) is 29.7 Å². The molecule has 1 amide bonds. The molecule has 1 aromatic carbocycles. The highest BCUT2D eigenvalue weighted by molar-refractivity contribution is 5.87. The van der Waals surface area contributed by atoms with E-state index in [2.05, 4.69) is 10.3 Å². The number of pyridine rings is 1. The number of alkyl halides is 1. The van der Waals surface area contributed by atoms with Gasteiger partial charge in [-0.25, -0.2) is 17.6 Å². The zero-order valence-corrected chi connectivity index (χ0v) is 12.9. The highest BCUT2D eigenvalue weighted by Gasteiger charge is 2.46. The number of hydrogen-bond acceptors (Lipinski definition) is 3. The summed E-state index contributed by atoms with van der Waals surface area (Å²) in [4.78, 5) is 16.3. The molecule has 1 aliphatic rings. The van der Waals surface area contributed by atoms with Crippen molar-refractivity contribution in [3.8, 4) is 0 Å².